The van der Waals surface area contributed by atoms with E-state index in [2.05, 4.69) is 34.1 Å². The van der Waals surface area contributed by atoms with E-state index in [0.29, 0.717) is 28.9 Å². The normalized spacial score (nSPS) is 11.6. The summed E-state index contributed by atoms with van der Waals surface area (Å²) in [6, 6.07) is 12.9. The fraction of sp³-hybridized carbons (Fsp3) is 0.333. The maximum Gasteiger partial charge on any atom is 0.318 e. The molecule has 31 heavy (non-hydrogen) atoms. The van der Waals surface area contributed by atoms with Crippen LogP contribution in [0.2, 0.25) is 5.02 Å². The maximum absolute atomic E-state index is 12.2. The lowest BCUT2D eigenvalue weighted by atomic mass is 9.95. The van der Waals surface area contributed by atoms with Gasteiger partial charge in [-0.3, -0.25) is 4.79 Å². The first-order valence-corrected chi connectivity index (χ1v) is 10.5. The third-order valence-electron chi connectivity index (χ3n) is 4.87. The van der Waals surface area contributed by atoms with Gasteiger partial charge in [-0.2, -0.15) is 9.97 Å². The summed E-state index contributed by atoms with van der Waals surface area (Å²) < 4.78 is 0. The van der Waals surface area contributed by atoms with Crippen molar-refractivity contribution in [2.24, 2.45) is 5.41 Å². The van der Waals surface area contributed by atoms with Crippen molar-refractivity contribution in [2.45, 2.75) is 47.1 Å². The second-order valence-electron chi connectivity index (χ2n) is 8.81. The van der Waals surface area contributed by atoms with Crippen molar-refractivity contribution in [3.8, 4) is 28.8 Å². The van der Waals surface area contributed by atoms with Crippen LogP contribution < -0.4 is 5.32 Å². The average Bonchev–Trinajstić information content (AvgIpc) is 2.71. The van der Waals surface area contributed by atoms with Crippen LogP contribution in [0.25, 0.3) is 22.8 Å². The molecule has 7 heteroatoms. The molecule has 1 aromatic heterocycles. The number of hydrogen-bond acceptors (Lipinski definition) is 5. The van der Waals surface area contributed by atoms with E-state index in [9.17, 15) is 9.90 Å². The summed E-state index contributed by atoms with van der Waals surface area (Å²) in [4.78, 5) is 24.8. The molecule has 0 radical (unpaired) electrons. The Morgan fingerprint density at radius 2 is 1.68 bits per heavy atom. The lowest BCUT2D eigenvalue weighted by Crippen LogP contribution is -2.34. The minimum atomic E-state index is -0.477. The van der Waals surface area contributed by atoms with Gasteiger partial charge in [0.1, 0.15) is 0 Å². The molecule has 0 aliphatic rings. The number of nitrogens with one attached hydrogen (secondary N) is 1. The predicted octanol–water partition coefficient (Wildman–Crippen LogP) is 5.35. The largest absolute Gasteiger partial charge is 0.479 e. The van der Waals surface area contributed by atoms with Crippen LogP contribution in [-0.4, -0.2) is 26.0 Å². The van der Waals surface area contributed by atoms with Crippen molar-refractivity contribution >= 4 is 17.5 Å². The molecule has 0 unspecified atom stereocenters. The average molecular weight is 439 g/mol. The van der Waals surface area contributed by atoms with E-state index >= 15 is 0 Å². The molecular formula is C24H27ClN4O2. The van der Waals surface area contributed by atoms with Crippen molar-refractivity contribution in [1.29, 1.82) is 0 Å². The van der Waals surface area contributed by atoms with Gasteiger partial charge in [0.05, 0.1) is 5.02 Å². The van der Waals surface area contributed by atoms with Crippen LogP contribution in [0.1, 0.15) is 51.7 Å². The quantitative estimate of drug-likeness (QED) is 0.560. The molecule has 162 valence electrons. The minimum absolute atomic E-state index is 0.0473. The number of carbonyl (C=O) groups is 1. The van der Waals surface area contributed by atoms with E-state index in [1.807, 2.05) is 57.2 Å². The first-order valence-electron chi connectivity index (χ1n) is 10.2. The van der Waals surface area contributed by atoms with Gasteiger partial charge in [-0.05, 0) is 29.2 Å². The summed E-state index contributed by atoms with van der Waals surface area (Å²) in [5.41, 5.74) is 2.90. The number of aromatic nitrogens is 3. The molecule has 0 saturated heterocycles. The van der Waals surface area contributed by atoms with Crippen LogP contribution in [0.3, 0.4) is 0 Å². The molecule has 2 N–H and O–H groups in total. The molecule has 0 aliphatic carbocycles. The van der Waals surface area contributed by atoms with E-state index in [1.165, 1.54) is 5.56 Å². The zero-order chi connectivity index (χ0) is 22.8. The Balaban J connectivity index is 1.92. The molecule has 0 spiro atoms. The highest BCUT2D eigenvalue weighted by atomic mass is 35.5. The first kappa shape index (κ1) is 22.7. The topological polar surface area (TPSA) is 88.0 Å². The molecule has 0 bridgehead atoms. The Bertz CT molecular complexity index is 1090. The van der Waals surface area contributed by atoms with Gasteiger partial charge in [-0.1, -0.05) is 76.6 Å². The number of benzene rings is 2. The first-order chi connectivity index (χ1) is 14.5. The number of rotatable bonds is 5. The van der Waals surface area contributed by atoms with Crippen molar-refractivity contribution in [3.05, 3.63) is 58.6 Å². The number of hydrogen-bond donors (Lipinski definition) is 2. The monoisotopic (exact) mass is 438 g/mol. The molecule has 2 aromatic carbocycles. The van der Waals surface area contributed by atoms with Gasteiger partial charge < -0.3 is 10.4 Å². The standard InChI is InChI=1S/C24H27ClN4O2/c1-14(2)16-7-9-17(10-8-16)20-27-21(29-23(31)28-20)18-12-15(6-11-19(18)25)13-26-22(30)24(3,4)5/h6-12,14H,13H2,1-5H3,(H,26,30)(H,27,28,29,31). The summed E-state index contributed by atoms with van der Waals surface area (Å²) in [5, 5.41) is 13.5. The third-order valence-corrected chi connectivity index (χ3v) is 5.19. The zero-order valence-electron chi connectivity index (χ0n) is 18.4. The Labute approximate surface area is 187 Å². The number of aromatic hydroxyl groups is 1. The molecular weight excluding hydrogens is 412 g/mol. The molecule has 1 heterocycles. The fourth-order valence-corrected chi connectivity index (χ4v) is 3.13. The summed E-state index contributed by atoms with van der Waals surface area (Å²) in [6.07, 6.45) is 0. The lowest BCUT2D eigenvalue weighted by Gasteiger charge is -2.18. The third kappa shape index (κ3) is 5.58. The number of amides is 1. The fourth-order valence-electron chi connectivity index (χ4n) is 2.93. The minimum Gasteiger partial charge on any atom is -0.479 e. The SMILES string of the molecule is CC(C)c1ccc(-c2nc(O)nc(-c3cc(CNC(=O)C(C)(C)C)ccc3Cl)n2)cc1. The number of halogens is 1. The van der Waals surface area contributed by atoms with Gasteiger partial charge in [0.15, 0.2) is 11.6 Å². The predicted molar refractivity (Wildman–Crippen MR) is 123 cm³/mol. The number of carbonyl (C=O) groups excluding carboxylic acids is 1. The van der Waals surface area contributed by atoms with E-state index < -0.39 is 5.41 Å². The smallest absolute Gasteiger partial charge is 0.318 e. The Morgan fingerprint density at radius 3 is 2.29 bits per heavy atom. The van der Waals surface area contributed by atoms with Gasteiger partial charge in [0.25, 0.3) is 0 Å². The van der Waals surface area contributed by atoms with Crippen molar-refractivity contribution in [1.82, 2.24) is 20.3 Å². The molecule has 0 saturated carbocycles. The Morgan fingerprint density at radius 1 is 1.03 bits per heavy atom. The summed E-state index contributed by atoms with van der Waals surface area (Å²) in [6.45, 7) is 10.2. The van der Waals surface area contributed by atoms with Crippen molar-refractivity contribution in [2.75, 3.05) is 0 Å². The van der Waals surface area contributed by atoms with Crippen LogP contribution in [0, 0.1) is 5.41 Å². The van der Waals surface area contributed by atoms with E-state index in [0.717, 1.165) is 11.1 Å². The molecule has 3 rings (SSSR count). The molecule has 0 fully saturated rings. The molecule has 1 amide bonds. The number of nitrogens with zero attached hydrogens (tertiary/aromatic N) is 3. The van der Waals surface area contributed by atoms with Crippen molar-refractivity contribution in [3.63, 3.8) is 0 Å². The molecule has 3 aromatic rings. The molecule has 0 aliphatic heterocycles. The zero-order valence-corrected chi connectivity index (χ0v) is 19.2. The Hall–Kier alpha value is -2.99. The van der Waals surface area contributed by atoms with Crippen molar-refractivity contribution < 1.29 is 9.90 Å². The van der Waals surface area contributed by atoms with E-state index in [4.69, 9.17) is 11.6 Å². The van der Waals surface area contributed by atoms with Gasteiger partial charge in [0.2, 0.25) is 5.91 Å². The van der Waals surface area contributed by atoms with Gasteiger partial charge >= 0.3 is 6.01 Å². The van der Waals surface area contributed by atoms with Crippen LogP contribution in [-0.2, 0) is 11.3 Å². The van der Waals surface area contributed by atoms with Crippen LogP contribution in [0.15, 0.2) is 42.5 Å². The van der Waals surface area contributed by atoms with E-state index in [-0.39, 0.29) is 17.7 Å². The highest BCUT2D eigenvalue weighted by molar-refractivity contribution is 6.33. The second kappa shape index (κ2) is 9.02. The van der Waals surface area contributed by atoms with Gasteiger partial charge in [-0.25, -0.2) is 4.98 Å². The highest BCUT2D eigenvalue weighted by Gasteiger charge is 2.21. The second-order valence-corrected chi connectivity index (χ2v) is 9.21. The van der Waals surface area contributed by atoms with Gasteiger partial charge in [0, 0.05) is 23.1 Å². The van der Waals surface area contributed by atoms with Crippen LogP contribution in [0.4, 0.5) is 0 Å². The van der Waals surface area contributed by atoms with Gasteiger partial charge in [-0.15, -0.1) is 0 Å². The summed E-state index contributed by atoms with van der Waals surface area (Å²) in [7, 11) is 0. The Kier molecular flexibility index (Phi) is 6.60. The molecule has 0 atom stereocenters. The maximum atomic E-state index is 12.2. The molecule has 6 nitrogen and oxygen atoms in total. The van der Waals surface area contributed by atoms with Crippen LogP contribution in [0.5, 0.6) is 6.01 Å². The summed E-state index contributed by atoms with van der Waals surface area (Å²) in [5.74, 6) is 0.996. The summed E-state index contributed by atoms with van der Waals surface area (Å²) >= 11 is 6.40. The van der Waals surface area contributed by atoms with Crippen LogP contribution >= 0.6 is 11.6 Å². The lowest BCUT2D eigenvalue weighted by molar-refractivity contribution is -0.128. The highest BCUT2D eigenvalue weighted by Crippen LogP contribution is 2.29. The van der Waals surface area contributed by atoms with E-state index in [1.54, 1.807) is 6.07 Å².